The number of benzene rings is 2. The van der Waals surface area contributed by atoms with Gasteiger partial charge in [-0.25, -0.2) is 4.79 Å². The van der Waals surface area contributed by atoms with Gasteiger partial charge in [-0.3, -0.25) is 14.9 Å². The van der Waals surface area contributed by atoms with Crippen LogP contribution in [0.2, 0.25) is 0 Å². The first-order valence-corrected chi connectivity index (χ1v) is 8.24. The first-order valence-electron chi connectivity index (χ1n) is 8.24. The molecule has 0 saturated heterocycles. The van der Waals surface area contributed by atoms with Gasteiger partial charge < -0.3 is 15.4 Å². The maximum Gasteiger partial charge on any atom is 0.341 e. The first-order chi connectivity index (χ1) is 12.7. The summed E-state index contributed by atoms with van der Waals surface area (Å²) in [5, 5.41) is 16.4. The summed E-state index contributed by atoms with van der Waals surface area (Å²) in [5.74, 6) is -1.31. The second kappa shape index (κ2) is 8.31. The second-order valence-corrected chi connectivity index (χ2v) is 6.14. The molecule has 8 heteroatoms. The van der Waals surface area contributed by atoms with Crippen molar-refractivity contribution in [1.29, 1.82) is 0 Å². The Morgan fingerprint density at radius 1 is 1.11 bits per heavy atom. The lowest BCUT2D eigenvalue weighted by Crippen LogP contribution is -2.22. The van der Waals surface area contributed by atoms with E-state index in [9.17, 15) is 19.7 Å². The molecule has 2 aromatic carbocycles. The third kappa shape index (κ3) is 4.81. The largest absolute Gasteiger partial charge is 0.452 e. The van der Waals surface area contributed by atoms with E-state index in [0.717, 1.165) is 22.8 Å². The highest BCUT2D eigenvalue weighted by molar-refractivity contribution is 5.99. The van der Waals surface area contributed by atoms with Crippen LogP contribution in [-0.2, 0) is 9.53 Å². The van der Waals surface area contributed by atoms with Crippen LogP contribution in [0, 0.1) is 30.9 Å². The molecular weight excluding hydrogens is 350 g/mol. The van der Waals surface area contributed by atoms with E-state index in [4.69, 9.17) is 4.74 Å². The summed E-state index contributed by atoms with van der Waals surface area (Å²) in [6.45, 7) is 5.22. The van der Waals surface area contributed by atoms with E-state index in [1.54, 1.807) is 7.05 Å². The minimum Gasteiger partial charge on any atom is -0.452 e. The SMILES string of the molecule is CNc1ccc([N+](=O)[O-])cc1C(=O)OCC(=O)Nc1c(C)cc(C)cc1C. The fourth-order valence-corrected chi connectivity index (χ4v) is 2.79. The molecule has 2 N–H and O–H groups in total. The number of nitro groups is 1. The number of carbonyl (C=O) groups excluding carboxylic acids is 2. The van der Waals surface area contributed by atoms with Crippen molar-refractivity contribution in [3.8, 4) is 0 Å². The van der Waals surface area contributed by atoms with E-state index >= 15 is 0 Å². The lowest BCUT2D eigenvalue weighted by molar-refractivity contribution is -0.384. The fourth-order valence-electron chi connectivity index (χ4n) is 2.79. The van der Waals surface area contributed by atoms with Crippen LogP contribution in [0.3, 0.4) is 0 Å². The molecule has 0 atom stereocenters. The number of nitrogens with one attached hydrogen (secondary N) is 2. The highest BCUT2D eigenvalue weighted by Gasteiger charge is 2.19. The molecule has 0 spiro atoms. The quantitative estimate of drug-likeness (QED) is 0.458. The van der Waals surface area contributed by atoms with Gasteiger partial charge in [0, 0.05) is 30.6 Å². The van der Waals surface area contributed by atoms with Crippen molar-refractivity contribution in [2.24, 2.45) is 0 Å². The highest BCUT2D eigenvalue weighted by atomic mass is 16.6. The van der Waals surface area contributed by atoms with Crippen LogP contribution in [0.5, 0.6) is 0 Å². The summed E-state index contributed by atoms with van der Waals surface area (Å²) in [6, 6.07) is 7.68. The van der Waals surface area contributed by atoms with Gasteiger partial charge in [0.25, 0.3) is 11.6 Å². The molecule has 0 aromatic heterocycles. The molecule has 142 valence electrons. The van der Waals surface area contributed by atoms with E-state index < -0.39 is 23.4 Å². The Labute approximate surface area is 156 Å². The summed E-state index contributed by atoms with van der Waals surface area (Å²) < 4.78 is 5.03. The fraction of sp³-hybridized carbons (Fsp3) is 0.263. The zero-order chi connectivity index (χ0) is 20.1. The maximum absolute atomic E-state index is 12.3. The number of nitro benzene ring substituents is 1. The summed E-state index contributed by atoms with van der Waals surface area (Å²) in [6.07, 6.45) is 0. The molecule has 0 fully saturated rings. The number of rotatable bonds is 6. The molecule has 0 aliphatic rings. The van der Waals surface area contributed by atoms with Crippen LogP contribution in [0.1, 0.15) is 27.0 Å². The number of carbonyl (C=O) groups is 2. The number of non-ortho nitro benzene ring substituents is 1. The van der Waals surface area contributed by atoms with E-state index in [-0.39, 0.29) is 11.3 Å². The van der Waals surface area contributed by atoms with Crippen LogP contribution < -0.4 is 10.6 Å². The first kappa shape index (κ1) is 19.9. The van der Waals surface area contributed by atoms with Gasteiger partial charge in [-0.05, 0) is 38.0 Å². The second-order valence-electron chi connectivity index (χ2n) is 6.14. The molecule has 27 heavy (non-hydrogen) atoms. The number of hydrogen-bond donors (Lipinski definition) is 2. The molecule has 2 aromatic rings. The normalized spacial score (nSPS) is 10.2. The molecule has 0 unspecified atom stereocenters. The Balaban J connectivity index is 2.08. The number of aryl methyl sites for hydroxylation is 3. The average molecular weight is 371 g/mol. The Kier molecular flexibility index (Phi) is 6.12. The summed E-state index contributed by atoms with van der Waals surface area (Å²) in [7, 11) is 1.58. The lowest BCUT2D eigenvalue weighted by atomic mass is 10.1. The van der Waals surface area contributed by atoms with E-state index in [0.29, 0.717) is 11.4 Å². The van der Waals surface area contributed by atoms with Crippen molar-refractivity contribution in [2.45, 2.75) is 20.8 Å². The van der Waals surface area contributed by atoms with Crippen LogP contribution in [-0.4, -0.2) is 30.5 Å². The summed E-state index contributed by atoms with van der Waals surface area (Å²) in [4.78, 5) is 34.7. The molecule has 0 aliphatic carbocycles. The van der Waals surface area contributed by atoms with Crippen LogP contribution in [0.25, 0.3) is 0 Å². The van der Waals surface area contributed by atoms with Crippen molar-refractivity contribution in [3.05, 3.63) is 62.7 Å². The van der Waals surface area contributed by atoms with Gasteiger partial charge in [0.15, 0.2) is 6.61 Å². The van der Waals surface area contributed by atoms with Crippen molar-refractivity contribution in [3.63, 3.8) is 0 Å². The number of hydrogen-bond acceptors (Lipinski definition) is 6. The van der Waals surface area contributed by atoms with Gasteiger partial charge in [0.2, 0.25) is 0 Å². The van der Waals surface area contributed by atoms with Crippen molar-refractivity contribution < 1.29 is 19.2 Å². The third-order valence-corrected chi connectivity index (χ3v) is 3.98. The Morgan fingerprint density at radius 2 is 1.74 bits per heavy atom. The van der Waals surface area contributed by atoms with Gasteiger partial charge in [-0.1, -0.05) is 17.7 Å². The lowest BCUT2D eigenvalue weighted by Gasteiger charge is -2.13. The molecule has 8 nitrogen and oxygen atoms in total. The van der Waals surface area contributed by atoms with Crippen molar-refractivity contribution in [1.82, 2.24) is 0 Å². The molecule has 2 rings (SSSR count). The predicted octanol–water partition coefficient (Wildman–Crippen LogP) is 3.36. The van der Waals surface area contributed by atoms with E-state index in [1.807, 2.05) is 32.9 Å². The highest BCUT2D eigenvalue weighted by Crippen LogP contribution is 2.23. The Bertz CT molecular complexity index is 885. The number of anilines is 2. The van der Waals surface area contributed by atoms with Crippen LogP contribution in [0.4, 0.5) is 17.1 Å². The number of ether oxygens (including phenoxy) is 1. The zero-order valence-corrected chi connectivity index (χ0v) is 15.6. The maximum atomic E-state index is 12.3. The van der Waals surface area contributed by atoms with Gasteiger partial charge >= 0.3 is 5.97 Å². The number of nitrogens with zero attached hydrogens (tertiary/aromatic N) is 1. The van der Waals surface area contributed by atoms with E-state index in [2.05, 4.69) is 10.6 Å². The molecular formula is C19H21N3O5. The molecule has 0 bridgehead atoms. The minimum atomic E-state index is -0.824. The summed E-state index contributed by atoms with van der Waals surface area (Å²) in [5.41, 5.74) is 3.69. The molecule has 0 heterocycles. The van der Waals surface area contributed by atoms with Crippen molar-refractivity contribution in [2.75, 3.05) is 24.3 Å². The van der Waals surface area contributed by atoms with Crippen molar-refractivity contribution >= 4 is 28.9 Å². The standard InChI is InChI=1S/C19H21N3O5/c1-11-7-12(2)18(13(3)8-11)21-17(23)10-27-19(24)15-9-14(22(25)26)5-6-16(15)20-4/h5-9,20H,10H2,1-4H3,(H,21,23). The Hall–Kier alpha value is -3.42. The minimum absolute atomic E-state index is 0.0119. The monoisotopic (exact) mass is 371 g/mol. The van der Waals surface area contributed by atoms with Gasteiger partial charge in [0.05, 0.1) is 10.5 Å². The number of amides is 1. The average Bonchev–Trinajstić information content (AvgIpc) is 2.61. The zero-order valence-electron chi connectivity index (χ0n) is 15.6. The van der Waals surface area contributed by atoms with Gasteiger partial charge in [-0.2, -0.15) is 0 Å². The van der Waals surface area contributed by atoms with Crippen LogP contribution in [0.15, 0.2) is 30.3 Å². The molecule has 0 aliphatic heterocycles. The van der Waals surface area contributed by atoms with Gasteiger partial charge in [-0.15, -0.1) is 0 Å². The molecule has 0 radical (unpaired) electrons. The van der Waals surface area contributed by atoms with Crippen LogP contribution >= 0.6 is 0 Å². The number of esters is 1. The predicted molar refractivity (Wildman–Crippen MR) is 102 cm³/mol. The Morgan fingerprint density at radius 3 is 2.30 bits per heavy atom. The smallest absolute Gasteiger partial charge is 0.341 e. The molecule has 0 saturated carbocycles. The van der Waals surface area contributed by atoms with Gasteiger partial charge in [0.1, 0.15) is 0 Å². The van der Waals surface area contributed by atoms with E-state index in [1.165, 1.54) is 12.1 Å². The topological polar surface area (TPSA) is 111 Å². The third-order valence-electron chi connectivity index (χ3n) is 3.98. The molecule has 1 amide bonds. The summed E-state index contributed by atoms with van der Waals surface area (Å²) >= 11 is 0.